The summed E-state index contributed by atoms with van der Waals surface area (Å²) in [6, 6.07) is 3.38. The van der Waals surface area contributed by atoms with Gasteiger partial charge in [-0.3, -0.25) is 9.78 Å². The highest BCUT2D eigenvalue weighted by molar-refractivity contribution is 6.38. The number of benzene rings is 1. The maximum atomic E-state index is 11.1. The third-order valence-electron chi connectivity index (χ3n) is 3.47. The summed E-state index contributed by atoms with van der Waals surface area (Å²) in [5.74, 6) is -0.854. The molecular weight excluding hydrogens is 285 g/mol. The number of fused-ring (bicyclic) bond motifs is 2. The molecule has 1 aromatic heterocycles. The minimum Gasteiger partial charge on any atom is -0.481 e. The van der Waals surface area contributed by atoms with Crippen LogP contribution in [0.2, 0.25) is 10.0 Å². The van der Waals surface area contributed by atoms with Crippen LogP contribution in [0.4, 0.5) is 0 Å². The molecule has 1 heterocycles. The summed E-state index contributed by atoms with van der Waals surface area (Å²) in [4.78, 5) is 15.7. The van der Waals surface area contributed by atoms with Gasteiger partial charge in [-0.25, -0.2) is 0 Å². The van der Waals surface area contributed by atoms with E-state index in [-0.39, 0.29) is 6.42 Å². The minimum absolute atomic E-state index is 0.0251. The summed E-state index contributed by atoms with van der Waals surface area (Å²) in [5, 5.41) is 10.8. The molecule has 1 aromatic carbocycles. The van der Waals surface area contributed by atoms with Crippen molar-refractivity contribution in [1.29, 1.82) is 0 Å². The van der Waals surface area contributed by atoms with Crippen LogP contribution in [0.5, 0.6) is 0 Å². The molecule has 0 spiro atoms. The molecule has 0 radical (unpaired) electrons. The minimum atomic E-state index is -0.854. The van der Waals surface area contributed by atoms with Crippen LogP contribution in [0.15, 0.2) is 12.1 Å². The van der Waals surface area contributed by atoms with E-state index in [0.717, 1.165) is 41.5 Å². The van der Waals surface area contributed by atoms with Crippen LogP contribution in [-0.4, -0.2) is 16.1 Å². The SMILES string of the molecule is O=C(O)Cc1c2c(nc3cc(Cl)cc(Cl)c13)CCC2. The molecular formula is C14H11Cl2NO2. The second-order valence-electron chi connectivity index (χ2n) is 4.72. The van der Waals surface area contributed by atoms with Gasteiger partial charge in [-0.2, -0.15) is 0 Å². The van der Waals surface area contributed by atoms with Crippen molar-refractivity contribution in [3.05, 3.63) is 39.0 Å². The Morgan fingerprint density at radius 2 is 2.11 bits per heavy atom. The van der Waals surface area contributed by atoms with Crippen LogP contribution in [0.1, 0.15) is 23.2 Å². The number of aromatic nitrogens is 1. The first-order valence-electron chi connectivity index (χ1n) is 6.07. The molecule has 2 aromatic rings. The summed E-state index contributed by atoms with van der Waals surface area (Å²) < 4.78 is 0. The third kappa shape index (κ3) is 2.17. The van der Waals surface area contributed by atoms with Crippen molar-refractivity contribution >= 4 is 40.1 Å². The molecule has 0 fully saturated rings. The van der Waals surface area contributed by atoms with Gasteiger partial charge in [0.2, 0.25) is 0 Å². The lowest BCUT2D eigenvalue weighted by molar-refractivity contribution is -0.136. The number of rotatable bonds is 2. The number of aliphatic carboxylic acids is 1. The molecule has 3 nitrogen and oxygen atoms in total. The third-order valence-corrected chi connectivity index (χ3v) is 3.99. The molecule has 1 N–H and O–H groups in total. The van der Waals surface area contributed by atoms with Gasteiger partial charge in [0, 0.05) is 16.1 Å². The zero-order valence-electron chi connectivity index (χ0n) is 10.0. The van der Waals surface area contributed by atoms with Gasteiger partial charge in [0.05, 0.1) is 17.0 Å². The Kier molecular flexibility index (Phi) is 3.11. The van der Waals surface area contributed by atoms with Crippen molar-refractivity contribution in [2.75, 3.05) is 0 Å². The van der Waals surface area contributed by atoms with Gasteiger partial charge in [-0.1, -0.05) is 23.2 Å². The molecule has 3 rings (SSSR count). The van der Waals surface area contributed by atoms with Crippen LogP contribution in [0, 0.1) is 0 Å². The van der Waals surface area contributed by atoms with E-state index in [2.05, 4.69) is 4.98 Å². The van der Waals surface area contributed by atoms with Gasteiger partial charge in [-0.05, 0) is 42.5 Å². The quantitative estimate of drug-likeness (QED) is 0.920. The van der Waals surface area contributed by atoms with Gasteiger partial charge in [0.15, 0.2) is 0 Å². The zero-order chi connectivity index (χ0) is 13.6. The largest absolute Gasteiger partial charge is 0.481 e. The number of halogens is 2. The smallest absolute Gasteiger partial charge is 0.307 e. The van der Waals surface area contributed by atoms with E-state index in [1.165, 1.54) is 0 Å². The number of nitrogens with zero attached hydrogens (tertiary/aromatic N) is 1. The average molecular weight is 296 g/mol. The van der Waals surface area contributed by atoms with Crippen LogP contribution < -0.4 is 0 Å². The number of pyridine rings is 1. The number of hydrogen-bond acceptors (Lipinski definition) is 2. The number of carboxylic acids is 1. The monoisotopic (exact) mass is 295 g/mol. The molecule has 0 saturated heterocycles. The molecule has 98 valence electrons. The van der Waals surface area contributed by atoms with Crippen molar-refractivity contribution in [2.24, 2.45) is 0 Å². The van der Waals surface area contributed by atoms with Crippen molar-refractivity contribution in [3.63, 3.8) is 0 Å². The van der Waals surface area contributed by atoms with Crippen molar-refractivity contribution in [3.8, 4) is 0 Å². The summed E-state index contributed by atoms with van der Waals surface area (Å²) in [5.41, 5.74) is 3.53. The lowest BCUT2D eigenvalue weighted by atomic mass is 9.98. The van der Waals surface area contributed by atoms with E-state index in [1.807, 2.05) is 0 Å². The second-order valence-corrected chi connectivity index (χ2v) is 5.57. The number of hydrogen-bond donors (Lipinski definition) is 1. The van der Waals surface area contributed by atoms with Gasteiger partial charge in [-0.15, -0.1) is 0 Å². The van der Waals surface area contributed by atoms with Crippen molar-refractivity contribution in [1.82, 2.24) is 4.98 Å². The first kappa shape index (κ1) is 12.7. The zero-order valence-corrected chi connectivity index (χ0v) is 11.6. The van der Waals surface area contributed by atoms with E-state index in [0.29, 0.717) is 15.6 Å². The van der Waals surface area contributed by atoms with Gasteiger partial charge >= 0.3 is 5.97 Å². The fourth-order valence-electron chi connectivity index (χ4n) is 2.77. The predicted octanol–water partition coefficient (Wildman–Crippen LogP) is 3.66. The lowest BCUT2D eigenvalue weighted by Gasteiger charge is -2.12. The van der Waals surface area contributed by atoms with E-state index < -0.39 is 5.97 Å². The normalized spacial score (nSPS) is 13.8. The highest BCUT2D eigenvalue weighted by atomic mass is 35.5. The van der Waals surface area contributed by atoms with E-state index >= 15 is 0 Å². The predicted molar refractivity (Wildman–Crippen MR) is 75.1 cm³/mol. The van der Waals surface area contributed by atoms with Gasteiger partial charge < -0.3 is 5.11 Å². The molecule has 0 bridgehead atoms. The second kappa shape index (κ2) is 4.66. The van der Waals surface area contributed by atoms with E-state index in [4.69, 9.17) is 28.3 Å². The standard InChI is InChI=1S/C14H11Cl2NO2/c15-7-4-10(16)14-9(6-13(18)19)8-2-1-3-11(8)17-12(14)5-7/h4-5H,1-3,6H2,(H,18,19). The summed E-state index contributed by atoms with van der Waals surface area (Å²) in [7, 11) is 0. The number of aryl methyl sites for hydroxylation is 1. The highest BCUT2D eigenvalue weighted by Gasteiger charge is 2.22. The molecule has 1 aliphatic carbocycles. The molecule has 0 unspecified atom stereocenters. The van der Waals surface area contributed by atoms with Crippen LogP contribution in [0.3, 0.4) is 0 Å². The Morgan fingerprint density at radius 3 is 2.84 bits per heavy atom. The van der Waals surface area contributed by atoms with Gasteiger partial charge in [0.1, 0.15) is 0 Å². The molecule has 19 heavy (non-hydrogen) atoms. The topological polar surface area (TPSA) is 50.2 Å². The number of carboxylic acid groups (broad SMARTS) is 1. The summed E-state index contributed by atoms with van der Waals surface area (Å²) in [6.07, 6.45) is 2.75. The Morgan fingerprint density at radius 1 is 1.32 bits per heavy atom. The van der Waals surface area contributed by atoms with Crippen molar-refractivity contribution < 1.29 is 9.90 Å². The fraction of sp³-hybridized carbons (Fsp3) is 0.286. The molecule has 0 amide bonds. The van der Waals surface area contributed by atoms with Gasteiger partial charge in [0.25, 0.3) is 0 Å². The molecule has 0 saturated carbocycles. The molecule has 5 heteroatoms. The average Bonchev–Trinajstić information content (AvgIpc) is 2.74. The molecule has 0 aliphatic heterocycles. The highest BCUT2D eigenvalue weighted by Crippen LogP contribution is 2.35. The Hall–Kier alpha value is -1.32. The van der Waals surface area contributed by atoms with E-state index in [9.17, 15) is 4.79 Å². The fourth-order valence-corrected chi connectivity index (χ4v) is 3.36. The first-order chi connectivity index (χ1) is 9.06. The number of carbonyl (C=O) groups is 1. The maximum absolute atomic E-state index is 11.1. The molecule has 0 atom stereocenters. The Balaban J connectivity index is 2.38. The molecule has 1 aliphatic rings. The first-order valence-corrected chi connectivity index (χ1v) is 6.83. The Labute approximate surface area is 120 Å². The summed E-state index contributed by atoms with van der Waals surface area (Å²) in [6.45, 7) is 0. The maximum Gasteiger partial charge on any atom is 0.307 e. The Bertz CT molecular complexity index is 698. The van der Waals surface area contributed by atoms with E-state index in [1.54, 1.807) is 12.1 Å². The van der Waals surface area contributed by atoms with Crippen molar-refractivity contribution in [2.45, 2.75) is 25.7 Å². The van der Waals surface area contributed by atoms with Crippen LogP contribution in [0.25, 0.3) is 10.9 Å². The van der Waals surface area contributed by atoms with Crippen LogP contribution in [-0.2, 0) is 24.1 Å². The lowest BCUT2D eigenvalue weighted by Crippen LogP contribution is -2.06. The summed E-state index contributed by atoms with van der Waals surface area (Å²) >= 11 is 12.2. The van der Waals surface area contributed by atoms with Crippen LogP contribution >= 0.6 is 23.2 Å².